The highest BCUT2D eigenvalue weighted by Gasteiger charge is 2.24. The maximum Gasteiger partial charge on any atom is 0.320 e. The quantitative estimate of drug-likeness (QED) is 0.533. The first-order chi connectivity index (χ1) is 5.00. The highest BCUT2D eigenvalue weighted by Crippen LogP contribution is 2.09. The maximum atomic E-state index is 10.3. The summed E-state index contributed by atoms with van der Waals surface area (Å²) in [6.45, 7) is 3.42. The Bertz CT molecular complexity index is 138. The Hall–Kier alpha value is -0.610. The van der Waals surface area contributed by atoms with Crippen molar-refractivity contribution in [1.82, 2.24) is 0 Å². The van der Waals surface area contributed by atoms with E-state index >= 15 is 0 Å². The Morgan fingerprint density at radius 1 is 1.64 bits per heavy atom. The van der Waals surface area contributed by atoms with Crippen LogP contribution in [0.1, 0.15) is 20.3 Å². The van der Waals surface area contributed by atoms with Gasteiger partial charge >= 0.3 is 5.97 Å². The molecule has 0 rings (SSSR count). The van der Waals surface area contributed by atoms with E-state index in [-0.39, 0.29) is 0 Å². The summed E-state index contributed by atoms with van der Waals surface area (Å²) in [6, 6.07) is -0.968. The number of carboxylic acid groups (broad SMARTS) is 1. The van der Waals surface area contributed by atoms with E-state index in [1.807, 2.05) is 0 Å². The van der Waals surface area contributed by atoms with Crippen LogP contribution in [0.2, 0.25) is 0 Å². The SMILES string of the molecule is CC[C@@H](O)[C@@H](C)[C@@H](N)C(=O)O. The Kier molecular flexibility index (Phi) is 4.07. The summed E-state index contributed by atoms with van der Waals surface area (Å²) in [6.07, 6.45) is -0.0941. The lowest BCUT2D eigenvalue weighted by atomic mass is 9.95. The molecule has 0 aromatic heterocycles. The molecule has 0 saturated carbocycles. The number of aliphatic hydroxyl groups excluding tert-OH is 1. The fraction of sp³-hybridized carbons (Fsp3) is 0.857. The molecule has 0 fully saturated rings. The largest absolute Gasteiger partial charge is 0.480 e. The molecular formula is C7H15NO3. The zero-order valence-corrected chi connectivity index (χ0v) is 6.82. The third kappa shape index (κ3) is 2.86. The number of hydrogen-bond acceptors (Lipinski definition) is 3. The third-order valence-electron chi connectivity index (χ3n) is 1.88. The van der Waals surface area contributed by atoms with E-state index < -0.39 is 24.0 Å². The fourth-order valence-corrected chi connectivity index (χ4v) is 0.836. The van der Waals surface area contributed by atoms with Crippen LogP contribution in [0.15, 0.2) is 0 Å². The van der Waals surface area contributed by atoms with Crippen molar-refractivity contribution in [3.05, 3.63) is 0 Å². The first-order valence-corrected chi connectivity index (χ1v) is 3.67. The van der Waals surface area contributed by atoms with Gasteiger partial charge in [0.1, 0.15) is 6.04 Å². The molecule has 0 radical (unpaired) electrons. The predicted molar refractivity (Wildman–Crippen MR) is 41.1 cm³/mol. The van der Waals surface area contributed by atoms with Gasteiger partial charge in [-0.3, -0.25) is 4.79 Å². The molecule has 4 heteroatoms. The monoisotopic (exact) mass is 161 g/mol. The zero-order chi connectivity index (χ0) is 9.02. The molecule has 0 unspecified atom stereocenters. The molecule has 0 aliphatic rings. The number of carboxylic acids is 1. The molecule has 4 N–H and O–H groups in total. The summed E-state index contributed by atoms with van der Waals surface area (Å²) in [5.41, 5.74) is 5.28. The highest BCUT2D eigenvalue weighted by molar-refractivity contribution is 5.73. The molecule has 0 aromatic rings. The van der Waals surface area contributed by atoms with Crippen LogP contribution in [-0.2, 0) is 4.79 Å². The van der Waals surface area contributed by atoms with Crippen molar-refractivity contribution in [2.75, 3.05) is 0 Å². The van der Waals surface area contributed by atoms with Crippen LogP contribution in [0, 0.1) is 5.92 Å². The second-order valence-electron chi connectivity index (χ2n) is 2.70. The minimum Gasteiger partial charge on any atom is -0.480 e. The van der Waals surface area contributed by atoms with Gasteiger partial charge in [0.25, 0.3) is 0 Å². The van der Waals surface area contributed by atoms with E-state index in [2.05, 4.69) is 0 Å². The first kappa shape index (κ1) is 10.4. The Balaban J connectivity index is 4.00. The molecule has 66 valence electrons. The molecule has 4 nitrogen and oxygen atoms in total. The summed E-state index contributed by atoms with van der Waals surface area (Å²) in [5, 5.41) is 17.7. The van der Waals surface area contributed by atoms with Crippen molar-refractivity contribution >= 4 is 5.97 Å². The van der Waals surface area contributed by atoms with Crippen molar-refractivity contribution in [2.24, 2.45) is 11.7 Å². The lowest BCUT2D eigenvalue weighted by Gasteiger charge is -2.20. The first-order valence-electron chi connectivity index (χ1n) is 3.67. The number of carbonyl (C=O) groups is 1. The number of hydrogen-bond donors (Lipinski definition) is 3. The molecule has 0 saturated heterocycles. The average molecular weight is 161 g/mol. The van der Waals surface area contributed by atoms with Crippen LogP contribution in [0.25, 0.3) is 0 Å². The Labute approximate surface area is 66.0 Å². The Morgan fingerprint density at radius 3 is 2.36 bits per heavy atom. The van der Waals surface area contributed by atoms with Crippen molar-refractivity contribution in [2.45, 2.75) is 32.4 Å². The van der Waals surface area contributed by atoms with Crippen molar-refractivity contribution in [3.8, 4) is 0 Å². The van der Waals surface area contributed by atoms with E-state index in [0.29, 0.717) is 6.42 Å². The van der Waals surface area contributed by atoms with Crippen LogP contribution >= 0.6 is 0 Å². The van der Waals surface area contributed by atoms with Crippen LogP contribution < -0.4 is 5.73 Å². The standard InChI is InChI=1S/C7H15NO3/c1-3-5(9)4(2)6(8)7(10)11/h4-6,9H,3,8H2,1-2H3,(H,10,11)/t4-,5-,6-/m1/s1. The van der Waals surface area contributed by atoms with E-state index in [1.165, 1.54) is 0 Å². The topological polar surface area (TPSA) is 83.5 Å². The van der Waals surface area contributed by atoms with Gasteiger partial charge in [-0.1, -0.05) is 13.8 Å². The number of aliphatic hydroxyl groups is 1. The lowest BCUT2D eigenvalue weighted by molar-refractivity contribution is -0.140. The van der Waals surface area contributed by atoms with E-state index in [0.717, 1.165) is 0 Å². The second kappa shape index (κ2) is 4.31. The molecule has 3 atom stereocenters. The molecule has 0 bridgehead atoms. The van der Waals surface area contributed by atoms with Crippen molar-refractivity contribution in [3.63, 3.8) is 0 Å². The molecule has 0 heterocycles. The van der Waals surface area contributed by atoms with Gasteiger partial charge < -0.3 is 15.9 Å². The highest BCUT2D eigenvalue weighted by atomic mass is 16.4. The minimum absolute atomic E-state index is 0.391. The maximum absolute atomic E-state index is 10.3. The summed E-state index contributed by atoms with van der Waals surface area (Å²) in [7, 11) is 0. The van der Waals surface area contributed by atoms with Gasteiger partial charge in [0.2, 0.25) is 0 Å². The molecule has 0 spiro atoms. The molecule has 0 amide bonds. The van der Waals surface area contributed by atoms with E-state index in [9.17, 15) is 9.90 Å². The smallest absolute Gasteiger partial charge is 0.320 e. The molecule has 0 aliphatic heterocycles. The Morgan fingerprint density at radius 2 is 2.09 bits per heavy atom. The summed E-state index contributed by atoms with van der Waals surface area (Å²) in [5.74, 6) is -1.46. The zero-order valence-electron chi connectivity index (χ0n) is 6.82. The van der Waals surface area contributed by atoms with Crippen LogP contribution in [0.5, 0.6) is 0 Å². The number of rotatable bonds is 4. The van der Waals surface area contributed by atoms with Gasteiger partial charge in [0.15, 0.2) is 0 Å². The summed E-state index contributed by atoms with van der Waals surface area (Å²) >= 11 is 0. The molecular weight excluding hydrogens is 146 g/mol. The normalized spacial score (nSPS) is 18.9. The van der Waals surface area contributed by atoms with Gasteiger partial charge in [0, 0.05) is 5.92 Å². The molecule has 0 aromatic carbocycles. The van der Waals surface area contributed by atoms with Crippen LogP contribution in [-0.4, -0.2) is 28.3 Å². The number of nitrogens with two attached hydrogens (primary N) is 1. The van der Waals surface area contributed by atoms with Gasteiger partial charge in [-0.25, -0.2) is 0 Å². The fourth-order valence-electron chi connectivity index (χ4n) is 0.836. The average Bonchev–Trinajstić information content (AvgIpc) is 2.00. The predicted octanol–water partition coefficient (Wildman–Crippen LogP) is -0.195. The molecule has 11 heavy (non-hydrogen) atoms. The van der Waals surface area contributed by atoms with Gasteiger partial charge in [-0.05, 0) is 6.42 Å². The summed E-state index contributed by atoms with van der Waals surface area (Å²) in [4.78, 5) is 10.3. The van der Waals surface area contributed by atoms with Crippen LogP contribution in [0.4, 0.5) is 0 Å². The van der Waals surface area contributed by atoms with Crippen LogP contribution in [0.3, 0.4) is 0 Å². The van der Waals surface area contributed by atoms with E-state index in [1.54, 1.807) is 13.8 Å². The van der Waals surface area contributed by atoms with E-state index in [4.69, 9.17) is 10.8 Å². The summed E-state index contributed by atoms with van der Waals surface area (Å²) < 4.78 is 0. The number of aliphatic carboxylic acids is 1. The van der Waals surface area contributed by atoms with Gasteiger partial charge in [-0.15, -0.1) is 0 Å². The van der Waals surface area contributed by atoms with Crippen molar-refractivity contribution < 1.29 is 15.0 Å². The van der Waals surface area contributed by atoms with Gasteiger partial charge in [-0.2, -0.15) is 0 Å². The minimum atomic E-state index is -1.06. The molecule has 0 aliphatic carbocycles. The van der Waals surface area contributed by atoms with Gasteiger partial charge in [0.05, 0.1) is 6.10 Å². The van der Waals surface area contributed by atoms with Crippen molar-refractivity contribution in [1.29, 1.82) is 0 Å². The lowest BCUT2D eigenvalue weighted by Crippen LogP contribution is -2.41. The third-order valence-corrected chi connectivity index (χ3v) is 1.88. The second-order valence-corrected chi connectivity index (χ2v) is 2.70.